The number of nitrogens with two attached hydrogens (primary N) is 1. The average molecular weight is 198 g/mol. The summed E-state index contributed by atoms with van der Waals surface area (Å²) in [6, 6.07) is 0. The molecule has 3 nitrogen and oxygen atoms in total. The van der Waals surface area contributed by atoms with Gasteiger partial charge in [-0.3, -0.25) is 0 Å². The van der Waals surface area contributed by atoms with E-state index in [0.717, 1.165) is 24.1 Å². The zero-order valence-electron chi connectivity index (χ0n) is 7.39. The summed E-state index contributed by atoms with van der Waals surface area (Å²) in [5.74, 6) is 0.567. The van der Waals surface area contributed by atoms with Crippen molar-refractivity contribution >= 4 is 17.4 Å². The fourth-order valence-corrected chi connectivity index (χ4v) is 1.96. The van der Waals surface area contributed by atoms with Gasteiger partial charge in [0.15, 0.2) is 0 Å². The van der Waals surface area contributed by atoms with E-state index in [1.165, 1.54) is 19.3 Å². The summed E-state index contributed by atoms with van der Waals surface area (Å²) in [5.41, 5.74) is 7.94. The largest absolute Gasteiger partial charge is 0.383 e. The summed E-state index contributed by atoms with van der Waals surface area (Å²) >= 11 is 5.73. The van der Waals surface area contributed by atoms with Crippen LogP contribution in [0.2, 0.25) is 5.28 Å². The highest BCUT2D eigenvalue weighted by atomic mass is 35.5. The van der Waals surface area contributed by atoms with E-state index in [0.29, 0.717) is 5.82 Å². The van der Waals surface area contributed by atoms with Crippen LogP contribution in [0.25, 0.3) is 0 Å². The molecule has 1 aromatic heterocycles. The van der Waals surface area contributed by atoms with E-state index in [4.69, 9.17) is 17.3 Å². The number of aromatic nitrogens is 2. The minimum Gasteiger partial charge on any atom is -0.383 e. The van der Waals surface area contributed by atoms with E-state index in [9.17, 15) is 0 Å². The zero-order chi connectivity index (χ0) is 9.26. The highest BCUT2D eigenvalue weighted by molar-refractivity contribution is 6.28. The van der Waals surface area contributed by atoms with Gasteiger partial charge in [-0.15, -0.1) is 0 Å². The molecule has 0 unspecified atom stereocenters. The Morgan fingerprint density at radius 2 is 1.85 bits per heavy atom. The number of anilines is 1. The van der Waals surface area contributed by atoms with Crippen LogP contribution in [-0.2, 0) is 12.8 Å². The maximum absolute atomic E-state index is 5.78. The molecule has 2 N–H and O–H groups in total. The summed E-state index contributed by atoms with van der Waals surface area (Å²) in [7, 11) is 0. The van der Waals surface area contributed by atoms with E-state index in [2.05, 4.69) is 9.97 Å². The van der Waals surface area contributed by atoms with E-state index in [1.807, 2.05) is 0 Å². The highest BCUT2D eigenvalue weighted by Gasteiger charge is 2.13. The molecule has 0 aromatic carbocycles. The molecule has 0 saturated carbocycles. The Bertz CT molecular complexity index is 325. The van der Waals surface area contributed by atoms with Gasteiger partial charge in [0.25, 0.3) is 0 Å². The molecule has 0 bridgehead atoms. The minimum absolute atomic E-state index is 0.276. The Morgan fingerprint density at radius 1 is 1.08 bits per heavy atom. The van der Waals surface area contributed by atoms with Crippen LogP contribution in [0, 0.1) is 0 Å². The number of hydrogen-bond donors (Lipinski definition) is 1. The molecular formula is C9H12ClN3. The molecular weight excluding hydrogens is 186 g/mol. The molecule has 2 rings (SSSR count). The lowest BCUT2D eigenvalue weighted by Crippen LogP contribution is -2.04. The predicted molar refractivity (Wildman–Crippen MR) is 52.7 cm³/mol. The lowest BCUT2D eigenvalue weighted by atomic mass is 10.1. The monoisotopic (exact) mass is 197 g/mol. The fraction of sp³-hybridized carbons (Fsp3) is 0.556. The first kappa shape index (κ1) is 8.75. The topological polar surface area (TPSA) is 51.8 Å². The van der Waals surface area contributed by atoms with Gasteiger partial charge in [0.1, 0.15) is 5.82 Å². The number of hydrogen-bond acceptors (Lipinski definition) is 3. The van der Waals surface area contributed by atoms with Gasteiger partial charge in [0.05, 0.1) is 5.69 Å². The summed E-state index contributed by atoms with van der Waals surface area (Å²) in [5, 5.41) is 0.276. The predicted octanol–water partition coefficient (Wildman–Crippen LogP) is 1.98. The Balaban J connectivity index is 2.47. The van der Waals surface area contributed by atoms with Crippen LogP contribution >= 0.6 is 11.6 Å². The summed E-state index contributed by atoms with van der Waals surface area (Å²) in [4.78, 5) is 8.17. The Labute approximate surface area is 82.3 Å². The number of nitrogens with zero attached hydrogens (tertiary/aromatic N) is 2. The van der Waals surface area contributed by atoms with Crippen molar-refractivity contribution in [2.45, 2.75) is 32.1 Å². The maximum atomic E-state index is 5.78. The van der Waals surface area contributed by atoms with Crippen molar-refractivity contribution in [3.05, 3.63) is 16.5 Å². The van der Waals surface area contributed by atoms with E-state index < -0.39 is 0 Å². The smallest absolute Gasteiger partial charge is 0.224 e. The SMILES string of the molecule is Nc1nc(Cl)nc2c1CCCCC2. The zero-order valence-corrected chi connectivity index (χ0v) is 8.14. The molecule has 1 aliphatic carbocycles. The van der Waals surface area contributed by atoms with Gasteiger partial charge in [0.2, 0.25) is 5.28 Å². The van der Waals surface area contributed by atoms with Crippen LogP contribution in [0.5, 0.6) is 0 Å². The summed E-state index contributed by atoms with van der Waals surface area (Å²) < 4.78 is 0. The molecule has 0 amide bonds. The Kier molecular flexibility index (Phi) is 2.36. The summed E-state index contributed by atoms with van der Waals surface area (Å²) in [6.07, 6.45) is 5.59. The van der Waals surface area contributed by atoms with Gasteiger partial charge >= 0.3 is 0 Å². The van der Waals surface area contributed by atoms with Crippen LogP contribution in [-0.4, -0.2) is 9.97 Å². The third-order valence-electron chi connectivity index (χ3n) is 2.44. The van der Waals surface area contributed by atoms with Gasteiger partial charge < -0.3 is 5.73 Å². The van der Waals surface area contributed by atoms with E-state index in [1.54, 1.807) is 0 Å². The van der Waals surface area contributed by atoms with Crippen molar-refractivity contribution < 1.29 is 0 Å². The van der Waals surface area contributed by atoms with Gasteiger partial charge in [-0.25, -0.2) is 9.97 Å². The molecule has 0 saturated heterocycles. The molecule has 0 spiro atoms. The molecule has 4 heteroatoms. The molecule has 1 aromatic rings. The van der Waals surface area contributed by atoms with Crippen LogP contribution in [0.15, 0.2) is 0 Å². The van der Waals surface area contributed by atoms with Crippen LogP contribution in [0.3, 0.4) is 0 Å². The number of rotatable bonds is 0. The number of nitrogen functional groups attached to an aromatic ring is 1. The lowest BCUT2D eigenvalue weighted by Gasteiger charge is -2.06. The third kappa shape index (κ3) is 1.75. The number of fused-ring (bicyclic) bond motifs is 1. The molecule has 0 radical (unpaired) electrons. The maximum Gasteiger partial charge on any atom is 0.224 e. The van der Waals surface area contributed by atoms with E-state index >= 15 is 0 Å². The first-order valence-corrected chi connectivity index (χ1v) is 4.96. The minimum atomic E-state index is 0.276. The lowest BCUT2D eigenvalue weighted by molar-refractivity contribution is 0.709. The second-order valence-electron chi connectivity index (χ2n) is 3.36. The number of aryl methyl sites for hydroxylation is 1. The molecule has 0 atom stereocenters. The van der Waals surface area contributed by atoms with Crippen molar-refractivity contribution in [3.63, 3.8) is 0 Å². The van der Waals surface area contributed by atoms with Gasteiger partial charge in [0, 0.05) is 5.56 Å². The second-order valence-corrected chi connectivity index (χ2v) is 3.70. The first-order chi connectivity index (χ1) is 6.27. The quantitative estimate of drug-likeness (QED) is 0.511. The van der Waals surface area contributed by atoms with Crippen molar-refractivity contribution in [1.82, 2.24) is 9.97 Å². The van der Waals surface area contributed by atoms with Crippen molar-refractivity contribution in [1.29, 1.82) is 0 Å². The number of halogens is 1. The standard InChI is InChI=1S/C9H12ClN3/c10-9-12-7-5-3-1-2-4-6(7)8(11)13-9/h1-5H2,(H2,11,12,13). The molecule has 1 aliphatic rings. The Morgan fingerprint density at radius 3 is 2.69 bits per heavy atom. The second kappa shape index (κ2) is 3.50. The average Bonchev–Trinajstić information content (AvgIpc) is 2.28. The third-order valence-corrected chi connectivity index (χ3v) is 2.61. The highest BCUT2D eigenvalue weighted by Crippen LogP contribution is 2.23. The van der Waals surface area contributed by atoms with Crippen LogP contribution < -0.4 is 5.73 Å². The van der Waals surface area contributed by atoms with Gasteiger partial charge in [-0.05, 0) is 37.3 Å². The Hall–Kier alpha value is -0.830. The molecule has 13 heavy (non-hydrogen) atoms. The van der Waals surface area contributed by atoms with Crippen molar-refractivity contribution in [3.8, 4) is 0 Å². The molecule has 1 heterocycles. The van der Waals surface area contributed by atoms with Crippen LogP contribution in [0.1, 0.15) is 30.5 Å². The summed E-state index contributed by atoms with van der Waals surface area (Å²) in [6.45, 7) is 0. The first-order valence-electron chi connectivity index (χ1n) is 4.58. The van der Waals surface area contributed by atoms with E-state index in [-0.39, 0.29) is 5.28 Å². The fourth-order valence-electron chi connectivity index (χ4n) is 1.77. The van der Waals surface area contributed by atoms with Crippen molar-refractivity contribution in [2.75, 3.05) is 5.73 Å². The normalized spacial score (nSPS) is 16.4. The van der Waals surface area contributed by atoms with Crippen LogP contribution in [0.4, 0.5) is 5.82 Å². The molecule has 70 valence electrons. The van der Waals surface area contributed by atoms with Crippen molar-refractivity contribution in [2.24, 2.45) is 0 Å². The molecule has 0 aliphatic heterocycles. The van der Waals surface area contributed by atoms with Gasteiger partial charge in [-0.1, -0.05) is 6.42 Å². The van der Waals surface area contributed by atoms with Gasteiger partial charge in [-0.2, -0.15) is 0 Å². The molecule has 0 fully saturated rings.